The van der Waals surface area contributed by atoms with Crippen LogP contribution in [0.3, 0.4) is 0 Å². The summed E-state index contributed by atoms with van der Waals surface area (Å²) >= 11 is -1.22. The molecule has 0 radical (unpaired) electrons. The summed E-state index contributed by atoms with van der Waals surface area (Å²) in [5.74, 6) is 2.50. The first kappa shape index (κ1) is 38.2. The van der Waals surface area contributed by atoms with Crippen molar-refractivity contribution in [2.24, 2.45) is 5.92 Å². The lowest BCUT2D eigenvalue weighted by molar-refractivity contribution is -0.112. The van der Waals surface area contributed by atoms with Crippen LogP contribution in [0.4, 0.5) is 11.4 Å². The van der Waals surface area contributed by atoms with Crippen molar-refractivity contribution in [3.05, 3.63) is 95.1 Å². The second kappa shape index (κ2) is 19.0. The predicted molar refractivity (Wildman–Crippen MR) is 210 cm³/mol. The maximum atomic E-state index is 13.7. The second-order valence-corrected chi connectivity index (χ2v) is 15.2. The molecule has 1 unspecified atom stereocenters. The molecule has 9 heteroatoms. The maximum Gasteiger partial charge on any atom is 0.251 e. The molecule has 8 nitrogen and oxygen atoms in total. The van der Waals surface area contributed by atoms with Crippen molar-refractivity contribution in [2.45, 2.75) is 83.8 Å². The van der Waals surface area contributed by atoms with Gasteiger partial charge in [0.05, 0.1) is 18.5 Å². The number of rotatable bonds is 17. The molecular formula is C42H54N4O4S. The van der Waals surface area contributed by atoms with Crippen LogP contribution in [0.15, 0.2) is 77.3 Å². The number of hydrogen-bond donors (Lipinski definition) is 2. The lowest BCUT2D eigenvalue weighted by Crippen LogP contribution is -2.30. The normalized spacial score (nSPS) is 13.7. The van der Waals surface area contributed by atoms with Crippen LogP contribution in [-0.2, 0) is 32.9 Å². The average Bonchev–Trinajstić information content (AvgIpc) is 3.55. The molecule has 0 saturated heterocycles. The summed E-state index contributed by atoms with van der Waals surface area (Å²) < 4.78 is 24.6. The molecule has 1 aliphatic heterocycles. The molecule has 1 atom stereocenters. The van der Waals surface area contributed by atoms with Gasteiger partial charge >= 0.3 is 0 Å². The number of carbonyl (C=O) groups is 1. The monoisotopic (exact) mass is 710 g/mol. The number of hydrogen-bond acceptors (Lipinski definition) is 6. The molecule has 0 saturated carbocycles. The van der Waals surface area contributed by atoms with E-state index in [2.05, 4.69) is 85.1 Å². The van der Waals surface area contributed by atoms with Crippen molar-refractivity contribution >= 4 is 34.5 Å². The van der Waals surface area contributed by atoms with Crippen molar-refractivity contribution in [1.82, 2.24) is 9.97 Å². The molecule has 2 N–H and O–H groups in total. The van der Waals surface area contributed by atoms with Gasteiger partial charge < -0.3 is 29.2 Å². The van der Waals surface area contributed by atoms with Gasteiger partial charge in [-0.25, -0.2) is 4.98 Å². The molecule has 4 aromatic rings. The summed E-state index contributed by atoms with van der Waals surface area (Å²) in [4.78, 5) is 24.6. The van der Waals surface area contributed by atoms with Crippen LogP contribution in [0.5, 0.6) is 5.75 Å². The first-order valence-electron chi connectivity index (χ1n) is 18.5. The summed E-state index contributed by atoms with van der Waals surface area (Å²) in [6.45, 7) is 14.6. The van der Waals surface area contributed by atoms with Gasteiger partial charge in [0.1, 0.15) is 18.2 Å². The van der Waals surface area contributed by atoms with E-state index in [-0.39, 0.29) is 5.91 Å². The smallest absolute Gasteiger partial charge is 0.251 e. The summed E-state index contributed by atoms with van der Waals surface area (Å²) in [5.41, 5.74) is 7.90. The molecule has 272 valence electrons. The second-order valence-electron chi connectivity index (χ2n) is 13.8. The summed E-state index contributed by atoms with van der Waals surface area (Å²) in [6, 6.07) is 20.0. The third-order valence-corrected chi connectivity index (χ3v) is 10.3. The quantitative estimate of drug-likeness (QED) is 0.0837. The van der Waals surface area contributed by atoms with Gasteiger partial charge in [-0.1, -0.05) is 46.2 Å². The van der Waals surface area contributed by atoms with Crippen LogP contribution < -0.4 is 15.0 Å². The number of imidazole rings is 1. The maximum absolute atomic E-state index is 13.7. The lowest BCUT2D eigenvalue weighted by atomic mass is 9.93. The van der Waals surface area contributed by atoms with E-state index >= 15 is 0 Å². The fourth-order valence-electron chi connectivity index (χ4n) is 6.33. The van der Waals surface area contributed by atoms with E-state index < -0.39 is 11.2 Å². The minimum atomic E-state index is -1.22. The Balaban J connectivity index is 1.32. The Kier molecular flexibility index (Phi) is 14.2. The van der Waals surface area contributed by atoms with Crippen molar-refractivity contribution in [3.63, 3.8) is 0 Å². The van der Waals surface area contributed by atoms with Gasteiger partial charge in [-0.3, -0.25) is 4.79 Å². The van der Waals surface area contributed by atoms with Crippen molar-refractivity contribution in [1.29, 1.82) is 0 Å². The van der Waals surface area contributed by atoms with Crippen molar-refractivity contribution in [2.75, 3.05) is 43.1 Å². The molecule has 0 aliphatic carbocycles. The van der Waals surface area contributed by atoms with Gasteiger partial charge in [-0.15, -0.1) is 0 Å². The predicted octanol–water partition coefficient (Wildman–Crippen LogP) is 9.12. The third-order valence-electron chi connectivity index (χ3n) is 8.93. The van der Waals surface area contributed by atoms with Crippen LogP contribution in [0.1, 0.15) is 82.4 Å². The molecule has 1 amide bonds. The van der Waals surface area contributed by atoms with Gasteiger partial charge in [0.25, 0.3) is 5.91 Å². The van der Waals surface area contributed by atoms with E-state index in [9.17, 15) is 9.35 Å². The third kappa shape index (κ3) is 11.0. The number of ether oxygens (including phenoxy) is 2. The van der Waals surface area contributed by atoms with E-state index in [0.29, 0.717) is 41.9 Å². The summed E-state index contributed by atoms with van der Waals surface area (Å²) in [5, 5.41) is 3.10. The van der Waals surface area contributed by atoms with Crippen LogP contribution in [0.25, 0.3) is 17.2 Å². The average molecular weight is 711 g/mol. The zero-order chi connectivity index (χ0) is 36.2. The fraction of sp³-hybridized carbons (Fsp3) is 0.429. The zero-order valence-corrected chi connectivity index (χ0v) is 31.7. The van der Waals surface area contributed by atoms with Crippen molar-refractivity contribution < 1.29 is 18.8 Å². The van der Waals surface area contributed by atoms with E-state index in [1.54, 1.807) is 6.20 Å². The van der Waals surface area contributed by atoms with Crippen LogP contribution in [-0.4, -0.2) is 53.3 Å². The molecule has 0 spiro atoms. The highest BCUT2D eigenvalue weighted by molar-refractivity contribution is 7.90. The molecule has 1 aromatic heterocycles. The number of aryl methyl sites for hydroxylation is 2. The summed E-state index contributed by atoms with van der Waals surface area (Å²) in [6.07, 6.45) is 9.45. The first-order chi connectivity index (χ1) is 24.7. The minimum Gasteiger partial charge on any atom is -0.611 e. The largest absolute Gasteiger partial charge is 0.611 e. The Morgan fingerprint density at radius 2 is 1.82 bits per heavy atom. The highest BCUT2D eigenvalue weighted by Crippen LogP contribution is 2.36. The molecule has 51 heavy (non-hydrogen) atoms. The van der Waals surface area contributed by atoms with E-state index in [4.69, 9.17) is 9.47 Å². The van der Waals surface area contributed by atoms with Crippen LogP contribution in [0.2, 0.25) is 0 Å². The number of carbonyl (C=O) groups excluding carboxylic acids is 1. The number of aromatic nitrogens is 2. The number of nitrogens with zero attached hydrogens (tertiary/aromatic N) is 2. The number of anilines is 2. The van der Waals surface area contributed by atoms with Gasteiger partial charge in [0.15, 0.2) is 10.6 Å². The molecule has 2 heterocycles. The van der Waals surface area contributed by atoms with Crippen LogP contribution >= 0.6 is 0 Å². The molecule has 0 bridgehead atoms. The standard InChI is InChI=1S/C42H54N4O4S/c1-6-8-21-49-22-23-50-37-16-12-32(13-17-37)39-26-34-25-33(11-9-20-46(28-30(3)4)40(34)24-31(39)5)42(47)45-35-14-18-38(19-15-35)51(48)29-36-27-43-41(44-36)10-7-2/h12-19,24-27,30H,6-11,20-23,28-29H2,1-5H3,(H,43,44)(H,45,47). The number of aromatic amines is 1. The van der Waals surface area contributed by atoms with Crippen LogP contribution in [0, 0.1) is 12.8 Å². The Labute approximate surface area is 307 Å². The number of benzene rings is 3. The van der Waals surface area contributed by atoms with Gasteiger partial charge in [-0.05, 0) is 127 Å². The van der Waals surface area contributed by atoms with Gasteiger partial charge in [0.2, 0.25) is 0 Å². The Morgan fingerprint density at radius 1 is 1.04 bits per heavy atom. The SMILES string of the molecule is CCCCOCCOc1ccc(-c2cc3c(cc2C)N(CC(C)C)CCCC(C(=O)Nc2ccc([S+]([O-])Cc4cnc(CCC)[nH]4)cc2)=C3)cc1. The number of amides is 1. The van der Waals surface area contributed by atoms with Gasteiger partial charge in [0, 0.05) is 43.1 Å². The Bertz CT molecular complexity index is 1730. The van der Waals surface area contributed by atoms with E-state index in [0.717, 1.165) is 97.0 Å². The lowest BCUT2D eigenvalue weighted by Gasteiger charge is -2.31. The number of fused-ring (bicyclic) bond motifs is 1. The topological polar surface area (TPSA) is 103 Å². The number of nitrogens with one attached hydrogen (secondary N) is 2. The van der Waals surface area contributed by atoms with Crippen molar-refractivity contribution in [3.8, 4) is 16.9 Å². The molecule has 0 fully saturated rings. The summed E-state index contributed by atoms with van der Waals surface area (Å²) in [7, 11) is 0. The molecule has 1 aliphatic rings. The fourth-order valence-corrected chi connectivity index (χ4v) is 7.36. The number of unbranched alkanes of at least 4 members (excludes halogenated alkanes) is 1. The molecule has 3 aromatic carbocycles. The number of H-pyrrole nitrogens is 1. The highest BCUT2D eigenvalue weighted by Gasteiger charge is 2.21. The zero-order valence-electron chi connectivity index (χ0n) is 30.9. The molecular weight excluding hydrogens is 657 g/mol. The molecule has 5 rings (SSSR count). The van der Waals surface area contributed by atoms with E-state index in [1.165, 1.54) is 5.56 Å². The Morgan fingerprint density at radius 3 is 2.55 bits per heavy atom. The van der Waals surface area contributed by atoms with E-state index in [1.807, 2.05) is 36.4 Å². The minimum absolute atomic E-state index is 0.115. The Hall–Kier alpha value is -4.05. The highest BCUT2D eigenvalue weighted by atomic mass is 32.2. The van der Waals surface area contributed by atoms with Gasteiger partial charge in [-0.2, -0.15) is 0 Å². The first-order valence-corrected chi connectivity index (χ1v) is 19.8.